The number of oxazole rings is 1. The molecule has 1 amide bonds. The zero-order chi connectivity index (χ0) is 16.2. The van der Waals surface area contributed by atoms with Gasteiger partial charge in [0.15, 0.2) is 0 Å². The molecule has 1 fully saturated rings. The number of nitrogens with zero attached hydrogens (tertiary/aromatic N) is 4. The molecule has 2 aromatic heterocycles. The van der Waals surface area contributed by atoms with Gasteiger partial charge in [-0.15, -0.1) is 0 Å². The molecule has 3 rings (SSSR count). The number of carbonyl (C=O) groups is 1. The van der Waals surface area contributed by atoms with E-state index in [9.17, 15) is 4.79 Å². The normalized spacial score (nSPS) is 16.4. The molecule has 0 bridgehead atoms. The molecular weight excluding hydrogens is 294 g/mol. The third-order valence-electron chi connectivity index (χ3n) is 4.19. The van der Waals surface area contributed by atoms with Gasteiger partial charge < -0.3 is 4.42 Å². The van der Waals surface area contributed by atoms with Crippen LogP contribution in [0.1, 0.15) is 30.2 Å². The van der Waals surface area contributed by atoms with Gasteiger partial charge in [-0.05, 0) is 45.8 Å². The van der Waals surface area contributed by atoms with E-state index in [-0.39, 0.29) is 11.8 Å². The number of nitrogens with one attached hydrogen (secondary N) is 1. The lowest BCUT2D eigenvalue weighted by Gasteiger charge is -2.30. The number of aromatic nitrogens is 3. The quantitative estimate of drug-likeness (QED) is 0.928. The summed E-state index contributed by atoms with van der Waals surface area (Å²) in [5, 5.41) is 2.78. The van der Waals surface area contributed by atoms with E-state index in [1.54, 1.807) is 18.5 Å². The van der Waals surface area contributed by atoms with E-state index in [0.29, 0.717) is 12.5 Å². The lowest BCUT2D eigenvalue weighted by atomic mass is 9.96. The van der Waals surface area contributed by atoms with Crippen LogP contribution >= 0.6 is 0 Å². The second-order valence-corrected chi connectivity index (χ2v) is 5.86. The van der Waals surface area contributed by atoms with Gasteiger partial charge in [-0.25, -0.2) is 15.0 Å². The molecule has 0 unspecified atom stereocenters. The molecule has 122 valence electrons. The number of likely N-dealkylation sites (tertiary alicyclic amines) is 1. The van der Waals surface area contributed by atoms with Crippen molar-refractivity contribution in [3.8, 4) is 0 Å². The first kappa shape index (κ1) is 15.6. The van der Waals surface area contributed by atoms with Crippen molar-refractivity contribution in [2.24, 2.45) is 5.92 Å². The minimum absolute atomic E-state index is 0.00124. The average molecular weight is 315 g/mol. The molecule has 1 aliphatic heterocycles. The first-order chi connectivity index (χ1) is 11.1. The van der Waals surface area contributed by atoms with E-state index in [2.05, 4.69) is 25.2 Å². The van der Waals surface area contributed by atoms with Crippen LogP contribution in [0.4, 0.5) is 5.95 Å². The number of aryl methyl sites for hydroxylation is 2. The number of anilines is 1. The topological polar surface area (TPSA) is 84.2 Å². The molecule has 3 heterocycles. The van der Waals surface area contributed by atoms with Gasteiger partial charge in [0.2, 0.25) is 17.7 Å². The van der Waals surface area contributed by atoms with Crippen LogP contribution in [0.3, 0.4) is 0 Å². The van der Waals surface area contributed by atoms with Crippen LogP contribution < -0.4 is 5.32 Å². The maximum atomic E-state index is 12.2. The number of hydrogen-bond acceptors (Lipinski definition) is 6. The van der Waals surface area contributed by atoms with Crippen LogP contribution in [-0.4, -0.2) is 38.8 Å². The van der Waals surface area contributed by atoms with Crippen molar-refractivity contribution in [3.63, 3.8) is 0 Å². The van der Waals surface area contributed by atoms with Crippen LogP contribution in [0, 0.1) is 19.8 Å². The number of amides is 1. The Balaban J connectivity index is 1.49. The number of carbonyl (C=O) groups excluding carboxylic acids is 1. The summed E-state index contributed by atoms with van der Waals surface area (Å²) >= 11 is 0. The maximum absolute atomic E-state index is 12.2. The van der Waals surface area contributed by atoms with Gasteiger partial charge in [-0.1, -0.05) is 0 Å². The van der Waals surface area contributed by atoms with Crippen LogP contribution in [0.25, 0.3) is 0 Å². The van der Waals surface area contributed by atoms with Crippen LogP contribution in [0.5, 0.6) is 0 Å². The standard InChI is InChI=1S/C16H21N5O2/c1-11-12(2)23-14(19-11)10-21-8-4-13(5-9-21)15(22)20-16-17-6-3-7-18-16/h3,6-7,13H,4-5,8-10H2,1-2H3,(H,17,18,20,22). The van der Waals surface area contributed by atoms with Gasteiger partial charge in [0.25, 0.3) is 0 Å². The molecule has 1 aliphatic rings. The van der Waals surface area contributed by atoms with E-state index in [4.69, 9.17) is 4.42 Å². The number of rotatable bonds is 4. The minimum Gasteiger partial charge on any atom is -0.444 e. The summed E-state index contributed by atoms with van der Waals surface area (Å²) in [4.78, 5) is 27.0. The molecule has 0 spiro atoms. The molecule has 1 N–H and O–H groups in total. The van der Waals surface area contributed by atoms with Crippen LogP contribution in [-0.2, 0) is 11.3 Å². The van der Waals surface area contributed by atoms with Gasteiger partial charge in [0.05, 0.1) is 12.2 Å². The van der Waals surface area contributed by atoms with Gasteiger partial charge in [-0.3, -0.25) is 15.0 Å². The number of piperidine rings is 1. The Hall–Kier alpha value is -2.28. The lowest BCUT2D eigenvalue weighted by molar-refractivity contribution is -0.121. The summed E-state index contributed by atoms with van der Waals surface area (Å²) in [6.07, 6.45) is 4.87. The highest BCUT2D eigenvalue weighted by atomic mass is 16.4. The third kappa shape index (κ3) is 3.92. The van der Waals surface area contributed by atoms with E-state index in [1.807, 2.05) is 13.8 Å². The Morgan fingerprint density at radius 3 is 2.61 bits per heavy atom. The minimum atomic E-state index is -0.00124. The van der Waals surface area contributed by atoms with Crippen molar-refractivity contribution in [1.82, 2.24) is 19.9 Å². The highest BCUT2D eigenvalue weighted by Crippen LogP contribution is 2.20. The fourth-order valence-electron chi connectivity index (χ4n) is 2.73. The summed E-state index contributed by atoms with van der Waals surface area (Å²) in [6, 6.07) is 1.72. The largest absolute Gasteiger partial charge is 0.444 e. The predicted molar refractivity (Wildman–Crippen MR) is 84.6 cm³/mol. The average Bonchev–Trinajstić information content (AvgIpc) is 2.87. The SMILES string of the molecule is Cc1nc(CN2CCC(C(=O)Nc3ncccn3)CC2)oc1C. The fourth-order valence-corrected chi connectivity index (χ4v) is 2.73. The molecule has 7 heteroatoms. The second-order valence-electron chi connectivity index (χ2n) is 5.86. The lowest BCUT2D eigenvalue weighted by Crippen LogP contribution is -2.38. The maximum Gasteiger partial charge on any atom is 0.229 e. The highest BCUT2D eigenvalue weighted by molar-refractivity contribution is 5.90. The summed E-state index contributed by atoms with van der Waals surface area (Å²) in [7, 11) is 0. The van der Waals surface area contributed by atoms with Crippen LogP contribution in [0.2, 0.25) is 0 Å². The molecule has 23 heavy (non-hydrogen) atoms. The van der Waals surface area contributed by atoms with Crippen molar-refractivity contribution in [1.29, 1.82) is 0 Å². The summed E-state index contributed by atoms with van der Waals surface area (Å²) in [5.41, 5.74) is 0.942. The molecule has 7 nitrogen and oxygen atoms in total. The monoisotopic (exact) mass is 315 g/mol. The molecule has 1 saturated heterocycles. The van der Waals surface area contributed by atoms with E-state index < -0.39 is 0 Å². The first-order valence-electron chi connectivity index (χ1n) is 7.85. The Labute approximate surface area is 135 Å². The van der Waals surface area contributed by atoms with Gasteiger partial charge in [0.1, 0.15) is 5.76 Å². The van der Waals surface area contributed by atoms with Gasteiger partial charge >= 0.3 is 0 Å². The smallest absolute Gasteiger partial charge is 0.229 e. The second kappa shape index (κ2) is 6.87. The van der Waals surface area contributed by atoms with E-state index >= 15 is 0 Å². The van der Waals surface area contributed by atoms with Crippen molar-refractivity contribution in [2.45, 2.75) is 33.2 Å². The molecule has 0 aliphatic carbocycles. The van der Waals surface area contributed by atoms with Crippen molar-refractivity contribution in [2.75, 3.05) is 18.4 Å². The molecule has 0 aromatic carbocycles. The molecule has 0 saturated carbocycles. The van der Waals surface area contributed by atoms with E-state index in [0.717, 1.165) is 43.3 Å². The Morgan fingerprint density at radius 1 is 1.30 bits per heavy atom. The predicted octanol–water partition coefficient (Wildman–Crippen LogP) is 1.93. The van der Waals surface area contributed by atoms with Crippen molar-refractivity contribution < 1.29 is 9.21 Å². The Kier molecular flexibility index (Phi) is 4.66. The van der Waals surface area contributed by atoms with Crippen molar-refractivity contribution in [3.05, 3.63) is 35.8 Å². The summed E-state index contributed by atoms with van der Waals surface area (Å²) in [6.45, 7) is 6.28. The Bertz CT molecular complexity index is 643. The van der Waals surface area contributed by atoms with Gasteiger partial charge in [-0.2, -0.15) is 0 Å². The molecule has 0 atom stereocenters. The Morgan fingerprint density at radius 2 is 2.00 bits per heavy atom. The first-order valence-corrected chi connectivity index (χ1v) is 7.85. The van der Waals surface area contributed by atoms with Gasteiger partial charge in [0, 0.05) is 18.3 Å². The highest BCUT2D eigenvalue weighted by Gasteiger charge is 2.26. The zero-order valence-corrected chi connectivity index (χ0v) is 13.5. The molecule has 0 radical (unpaired) electrons. The summed E-state index contributed by atoms with van der Waals surface area (Å²) < 4.78 is 5.62. The fraction of sp³-hybridized carbons (Fsp3) is 0.500. The summed E-state index contributed by atoms with van der Waals surface area (Å²) in [5.74, 6) is 1.99. The van der Waals surface area contributed by atoms with Crippen LogP contribution in [0.15, 0.2) is 22.9 Å². The number of hydrogen-bond donors (Lipinski definition) is 1. The van der Waals surface area contributed by atoms with E-state index in [1.165, 1.54) is 0 Å². The van der Waals surface area contributed by atoms with Crippen molar-refractivity contribution >= 4 is 11.9 Å². The zero-order valence-electron chi connectivity index (χ0n) is 13.5. The molecule has 2 aromatic rings. The molecular formula is C16H21N5O2. The third-order valence-corrected chi connectivity index (χ3v) is 4.19.